The molecule has 0 saturated carbocycles. The number of nitrogens with zero attached hydrogens (tertiary/aromatic N) is 4. The van der Waals surface area contributed by atoms with Gasteiger partial charge in [0.25, 0.3) is 0 Å². The second-order valence-electron chi connectivity index (χ2n) is 16.6. The zero-order valence-electron chi connectivity index (χ0n) is 40.2. The molecule has 0 bridgehead atoms. The number of benzene rings is 4. The first-order valence-electron chi connectivity index (χ1n) is 22.8. The Morgan fingerprint density at radius 2 is 1.17 bits per heavy atom. The molecule has 4 aromatic carbocycles. The van der Waals surface area contributed by atoms with Gasteiger partial charge in [0.2, 0.25) is 0 Å². The zero-order valence-corrected chi connectivity index (χ0v) is 43.2. The summed E-state index contributed by atoms with van der Waals surface area (Å²) in [6.45, 7) is 9.87. The first kappa shape index (κ1) is 58.5. The van der Waals surface area contributed by atoms with Crippen LogP contribution in [0.1, 0.15) is 104 Å². The van der Waals surface area contributed by atoms with Crippen molar-refractivity contribution in [3.05, 3.63) is 126 Å². The van der Waals surface area contributed by atoms with Crippen molar-refractivity contribution in [1.82, 2.24) is 19.4 Å². The van der Waals surface area contributed by atoms with Gasteiger partial charge in [0.05, 0.1) is 30.1 Å². The van der Waals surface area contributed by atoms with Gasteiger partial charge < -0.3 is 61.9 Å². The number of alkyl halides is 6. The number of aliphatic hydroxyl groups excluding tert-OH is 1. The number of hydrogen-bond donors (Lipinski definition) is 1. The summed E-state index contributed by atoms with van der Waals surface area (Å²) in [6.07, 6.45) is 1.64. The molecular weight excluding hydrogens is 1010 g/mol. The molecular formula is C52H57BrF6MgN4O7. The molecule has 0 radical (unpaired) electrons. The van der Waals surface area contributed by atoms with Crippen LogP contribution >= 0.6 is 0 Å². The molecule has 0 amide bonds. The summed E-state index contributed by atoms with van der Waals surface area (Å²) in [5.41, 5.74) is 3.09. The Kier molecular flexibility index (Phi) is 21.9. The summed E-state index contributed by atoms with van der Waals surface area (Å²) in [7, 11) is 0. The molecule has 1 atom stereocenters. The Morgan fingerprint density at radius 1 is 0.704 bits per heavy atom. The standard InChI is InChI=1S/C24H25F3N2O3.C23H21F3N2O3.C4H8O.CH3.BrH.Mg/c1-3-5-18-21(9-7-19-22(18)32-28-23(19)24(25,26)27)31-13-4-11-29-12-10-17-14-16(15(2)30)6-8-20(17)29;1-2-4-17-20(8-6-18-21(17)31-27-22(18)23(24,25)26)30-12-3-10-28-11-9-16-13-15(14-29)5-7-19(16)28;1-2-4-5-3-1;;;/h6-10,12,14-15,30H,3-5,11,13H2,1-2H3;5-9,11,13-14H,2-4,10,12H2,1H3;1-4H2;1H3;1H;/q;;;-1;;+2/p-1. The molecule has 1 aliphatic heterocycles. The van der Waals surface area contributed by atoms with Crippen LogP contribution in [0.25, 0.3) is 43.7 Å². The number of ether oxygens (including phenoxy) is 3. The number of carbonyl (C=O) groups is 1. The van der Waals surface area contributed by atoms with Crippen LogP contribution in [-0.4, -0.2) is 80.3 Å². The van der Waals surface area contributed by atoms with Crippen molar-refractivity contribution in [3.8, 4) is 11.5 Å². The van der Waals surface area contributed by atoms with E-state index in [1.807, 2.05) is 68.7 Å². The molecule has 378 valence electrons. The number of aromatic nitrogens is 4. The SMILES string of the molecule is C1CCOC1.CCCc1c(OCCCn2ccc3cc(C(C)O)ccc32)ccc2c(C(F)(F)F)noc12.CCCc1c(OCCCn2ccc3cc(C=O)ccc32)ccc2c(C(F)(F)F)noc12.[Br-].[CH3-].[Mg+2]. The van der Waals surface area contributed by atoms with Crippen LogP contribution in [0.5, 0.6) is 11.5 Å². The van der Waals surface area contributed by atoms with Gasteiger partial charge in [0.1, 0.15) is 17.8 Å². The fourth-order valence-corrected chi connectivity index (χ4v) is 8.24. The van der Waals surface area contributed by atoms with E-state index in [4.69, 9.17) is 23.3 Å². The number of hydrogen-bond acceptors (Lipinski definition) is 9. The van der Waals surface area contributed by atoms with Crippen molar-refractivity contribution in [3.63, 3.8) is 0 Å². The first-order valence-corrected chi connectivity index (χ1v) is 22.8. The van der Waals surface area contributed by atoms with Crippen molar-refractivity contribution >= 4 is 73.1 Å². The molecule has 11 nitrogen and oxygen atoms in total. The largest absolute Gasteiger partial charge is 2.00 e. The van der Waals surface area contributed by atoms with Crippen LogP contribution < -0.4 is 26.5 Å². The van der Waals surface area contributed by atoms with E-state index in [1.54, 1.807) is 25.1 Å². The van der Waals surface area contributed by atoms with E-state index in [-0.39, 0.29) is 69.4 Å². The predicted molar refractivity (Wildman–Crippen MR) is 258 cm³/mol. The van der Waals surface area contributed by atoms with Gasteiger partial charge in [-0.05, 0) is 123 Å². The topological polar surface area (TPSA) is 127 Å². The van der Waals surface area contributed by atoms with Crippen LogP contribution in [0.2, 0.25) is 0 Å². The van der Waals surface area contributed by atoms with Crippen LogP contribution in [0.3, 0.4) is 0 Å². The Labute approximate surface area is 434 Å². The number of aryl methyl sites for hydroxylation is 4. The third kappa shape index (κ3) is 14.3. The molecule has 0 aliphatic carbocycles. The smallest absolute Gasteiger partial charge is 1.00 e. The van der Waals surface area contributed by atoms with E-state index < -0.39 is 29.8 Å². The van der Waals surface area contributed by atoms with Gasteiger partial charge in [-0.15, -0.1) is 0 Å². The number of rotatable bonds is 16. The van der Waals surface area contributed by atoms with Crippen molar-refractivity contribution in [2.24, 2.45) is 0 Å². The number of fused-ring (bicyclic) bond motifs is 4. The molecule has 1 fully saturated rings. The second kappa shape index (κ2) is 26.6. The van der Waals surface area contributed by atoms with Crippen molar-refractivity contribution in [2.75, 3.05) is 26.4 Å². The number of aliphatic hydroxyl groups is 1. The van der Waals surface area contributed by atoms with Gasteiger partial charge in [-0.25, -0.2) is 0 Å². The maximum Gasteiger partial charge on any atom is 2.00 e. The van der Waals surface area contributed by atoms with Crippen LogP contribution in [-0.2, 0) is 43.0 Å². The quantitative estimate of drug-likeness (QED) is 0.0331. The van der Waals surface area contributed by atoms with Crippen molar-refractivity contribution in [1.29, 1.82) is 0 Å². The predicted octanol–water partition coefficient (Wildman–Crippen LogP) is 10.2. The summed E-state index contributed by atoms with van der Waals surface area (Å²) >= 11 is 0. The summed E-state index contributed by atoms with van der Waals surface area (Å²) in [4.78, 5) is 10.9. The Balaban J connectivity index is 0.000000270. The minimum absolute atomic E-state index is 0. The van der Waals surface area contributed by atoms with Crippen LogP contribution in [0.4, 0.5) is 26.3 Å². The number of halogens is 7. The maximum atomic E-state index is 13.2. The van der Waals surface area contributed by atoms with Crippen LogP contribution in [0, 0.1) is 7.43 Å². The van der Waals surface area contributed by atoms with Gasteiger partial charge in [0.15, 0.2) is 22.6 Å². The normalized spacial score (nSPS) is 12.9. The number of carbonyl (C=O) groups excluding carboxylic acids is 1. The summed E-state index contributed by atoms with van der Waals surface area (Å²) in [6, 6.07) is 21.2. The van der Waals surface area contributed by atoms with E-state index in [0.717, 1.165) is 72.7 Å². The molecule has 9 rings (SSSR count). The molecule has 4 aromatic heterocycles. The molecule has 5 heterocycles. The Morgan fingerprint density at radius 3 is 1.58 bits per heavy atom. The fraction of sp³-hybridized carbons (Fsp3) is 0.385. The minimum atomic E-state index is -4.57. The third-order valence-corrected chi connectivity index (χ3v) is 11.6. The van der Waals surface area contributed by atoms with Gasteiger partial charge in [-0.3, -0.25) is 4.79 Å². The average molecular weight is 1070 g/mol. The molecule has 1 N–H and O–H groups in total. The fourth-order valence-electron chi connectivity index (χ4n) is 8.24. The molecule has 1 saturated heterocycles. The van der Waals surface area contributed by atoms with E-state index in [9.17, 15) is 36.2 Å². The third-order valence-electron chi connectivity index (χ3n) is 11.6. The molecule has 19 heteroatoms. The Hall–Kier alpha value is -5.08. The summed E-state index contributed by atoms with van der Waals surface area (Å²) in [5.74, 6) is 1.05. The van der Waals surface area contributed by atoms with E-state index >= 15 is 0 Å². The average Bonchev–Trinajstić information content (AvgIpc) is 4.18. The second-order valence-corrected chi connectivity index (χ2v) is 16.6. The molecule has 1 aliphatic rings. The van der Waals surface area contributed by atoms with Gasteiger partial charge >= 0.3 is 35.4 Å². The molecule has 0 spiro atoms. The van der Waals surface area contributed by atoms with E-state index in [0.29, 0.717) is 67.2 Å². The molecule has 1 unspecified atom stereocenters. The van der Waals surface area contributed by atoms with Gasteiger partial charge in [-0.1, -0.05) is 43.1 Å². The summed E-state index contributed by atoms with van der Waals surface area (Å²) < 4.78 is 110. The van der Waals surface area contributed by atoms with E-state index in [1.165, 1.54) is 25.0 Å². The first-order chi connectivity index (χ1) is 32.7. The summed E-state index contributed by atoms with van der Waals surface area (Å²) in [5, 5.41) is 18.2. The van der Waals surface area contributed by atoms with E-state index in [2.05, 4.69) is 19.4 Å². The molecule has 71 heavy (non-hydrogen) atoms. The number of aldehydes is 1. The zero-order chi connectivity index (χ0) is 48.4. The monoisotopic (exact) mass is 1070 g/mol. The maximum absolute atomic E-state index is 13.2. The van der Waals surface area contributed by atoms with Crippen LogP contribution in [0.15, 0.2) is 94.2 Å². The van der Waals surface area contributed by atoms with Crippen molar-refractivity contribution < 1.29 is 76.5 Å². The molecule has 8 aromatic rings. The van der Waals surface area contributed by atoms with Crippen molar-refractivity contribution in [2.45, 2.75) is 104 Å². The van der Waals surface area contributed by atoms with Gasteiger partial charge in [-0.2, -0.15) is 26.3 Å². The Bertz CT molecular complexity index is 2930. The minimum Gasteiger partial charge on any atom is -1.00 e. The van der Waals surface area contributed by atoms with Gasteiger partial charge in [0, 0.05) is 71.8 Å².